The molecule has 0 bridgehead atoms. The van der Waals surface area contributed by atoms with Crippen LogP contribution in [0.3, 0.4) is 0 Å². The van der Waals surface area contributed by atoms with Crippen LogP contribution in [0.1, 0.15) is 18.9 Å². The number of rotatable bonds is 8. The number of anilines is 1. The second-order valence-corrected chi connectivity index (χ2v) is 5.72. The molecular formula is C19H25N2O2+. The fourth-order valence-corrected chi connectivity index (χ4v) is 2.44. The second kappa shape index (κ2) is 8.96. The lowest BCUT2D eigenvalue weighted by molar-refractivity contribution is -0.684. The average Bonchev–Trinajstić information content (AvgIpc) is 2.56. The van der Waals surface area contributed by atoms with Crippen LogP contribution in [-0.2, 0) is 11.2 Å². The molecule has 0 radical (unpaired) electrons. The maximum absolute atomic E-state index is 12.0. The van der Waals surface area contributed by atoms with E-state index in [9.17, 15) is 4.79 Å². The maximum atomic E-state index is 12.0. The van der Waals surface area contributed by atoms with E-state index in [2.05, 4.69) is 29.7 Å². The summed E-state index contributed by atoms with van der Waals surface area (Å²) in [6, 6.07) is 17.9. The van der Waals surface area contributed by atoms with Gasteiger partial charge in [0.2, 0.25) is 5.91 Å². The highest BCUT2D eigenvalue weighted by atomic mass is 16.5. The van der Waals surface area contributed by atoms with Crippen LogP contribution in [0.4, 0.5) is 5.69 Å². The van der Waals surface area contributed by atoms with Crippen molar-refractivity contribution in [3.63, 3.8) is 0 Å². The lowest BCUT2D eigenvalue weighted by Gasteiger charge is -2.11. The summed E-state index contributed by atoms with van der Waals surface area (Å²) in [4.78, 5) is 12.0. The third-order valence-electron chi connectivity index (χ3n) is 3.73. The summed E-state index contributed by atoms with van der Waals surface area (Å²) >= 11 is 0. The highest BCUT2D eigenvalue weighted by Crippen LogP contribution is 2.11. The van der Waals surface area contributed by atoms with Gasteiger partial charge < -0.3 is 15.4 Å². The number of nitrogens with two attached hydrogens (primary N) is 1. The zero-order chi connectivity index (χ0) is 16.5. The van der Waals surface area contributed by atoms with Crippen LogP contribution in [0, 0.1) is 0 Å². The largest absolute Gasteiger partial charge is 0.497 e. The first-order chi connectivity index (χ1) is 11.2. The lowest BCUT2D eigenvalue weighted by atomic mass is 10.1. The maximum Gasteiger partial charge on any atom is 0.230 e. The van der Waals surface area contributed by atoms with Crippen LogP contribution < -0.4 is 15.4 Å². The van der Waals surface area contributed by atoms with Crippen LogP contribution in [0.25, 0.3) is 0 Å². The molecule has 0 saturated heterocycles. The normalized spacial score (nSPS) is 11.7. The third-order valence-corrected chi connectivity index (χ3v) is 3.73. The molecule has 0 heterocycles. The van der Waals surface area contributed by atoms with Gasteiger partial charge in [0.05, 0.1) is 26.1 Å². The second-order valence-electron chi connectivity index (χ2n) is 5.72. The molecule has 0 unspecified atom stereocenters. The number of benzene rings is 2. The number of amides is 1. The number of nitrogens with one attached hydrogen (secondary N) is 1. The summed E-state index contributed by atoms with van der Waals surface area (Å²) in [5.41, 5.74) is 2.13. The SMILES string of the molecule is COc1ccc(CC[NH2+][C@@H](C)CC(=O)Nc2ccccc2)cc1. The summed E-state index contributed by atoms with van der Waals surface area (Å²) in [6.45, 7) is 3.05. The predicted molar refractivity (Wildman–Crippen MR) is 92.6 cm³/mol. The first kappa shape index (κ1) is 17.0. The van der Waals surface area contributed by atoms with Crippen molar-refractivity contribution in [1.29, 1.82) is 0 Å². The summed E-state index contributed by atoms with van der Waals surface area (Å²) < 4.78 is 5.15. The summed E-state index contributed by atoms with van der Waals surface area (Å²) in [5, 5.41) is 5.14. The highest BCUT2D eigenvalue weighted by Gasteiger charge is 2.11. The Balaban J connectivity index is 1.68. The number of ether oxygens (including phenoxy) is 1. The quantitative estimate of drug-likeness (QED) is 0.785. The minimum absolute atomic E-state index is 0.0596. The number of methoxy groups -OCH3 is 1. The molecule has 0 aliphatic heterocycles. The van der Waals surface area contributed by atoms with E-state index < -0.39 is 0 Å². The molecule has 1 atom stereocenters. The Kier molecular flexibility index (Phi) is 6.63. The van der Waals surface area contributed by atoms with E-state index in [-0.39, 0.29) is 11.9 Å². The summed E-state index contributed by atoms with van der Waals surface area (Å²) in [6.07, 6.45) is 1.49. The van der Waals surface area contributed by atoms with Crippen molar-refractivity contribution in [2.24, 2.45) is 0 Å². The fraction of sp³-hybridized carbons (Fsp3) is 0.316. The van der Waals surface area contributed by atoms with Crippen LogP contribution in [0.15, 0.2) is 54.6 Å². The highest BCUT2D eigenvalue weighted by molar-refractivity contribution is 5.90. The first-order valence-electron chi connectivity index (χ1n) is 7.98. The topological polar surface area (TPSA) is 54.9 Å². The zero-order valence-electron chi connectivity index (χ0n) is 13.8. The molecule has 0 fully saturated rings. The van der Waals surface area contributed by atoms with Crippen LogP contribution >= 0.6 is 0 Å². The van der Waals surface area contributed by atoms with Gasteiger partial charge in [0.25, 0.3) is 0 Å². The molecule has 1 amide bonds. The number of hydrogen-bond donors (Lipinski definition) is 2. The number of carbonyl (C=O) groups excluding carboxylic acids is 1. The fourth-order valence-electron chi connectivity index (χ4n) is 2.44. The Morgan fingerprint density at radius 3 is 2.48 bits per heavy atom. The third kappa shape index (κ3) is 6.12. The van der Waals surface area contributed by atoms with E-state index in [1.165, 1.54) is 5.56 Å². The van der Waals surface area contributed by atoms with Gasteiger partial charge in [-0.1, -0.05) is 30.3 Å². The molecule has 0 spiro atoms. The lowest BCUT2D eigenvalue weighted by Crippen LogP contribution is -2.90. The van der Waals surface area contributed by atoms with Crippen molar-refractivity contribution in [1.82, 2.24) is 0 Å². The summed E-state index contributed by atoms with van der Waals surface area (Å²) in [5.74, 6) is 0.938. The molecule has 4 nitrogen and oxygen atoms in total. The summed E-state index contributed by atoms with van der Waals surface area (Å²) in [7, 11) is 1.67. The van der Waals surface area contributed by atoms with Crippen molar-refractivity contribution in [2.75, 3.05) is 19.0 Å². The predicted octanol–water partition coefficient (Wildman–Crippen LogP) is 2.22. The van der Waals surface area contributed by atoms with Gasteiger partial charge in [-0.2, -0.15) is 0 Å². The molecule has 2 aromatic carbocycles. The van der Waals surface area contributed by atoms with Crippen molar-refractivity contribution in [2.45, 2.75) is 25.8 Å². The Bertz CT molecular complexity index is 597. The monoisotopic (exact) mass is 313 g/mol. The Hall–Kier alpha value is -2.33. The van der Waals surface area contributed by atoms with Crippen molar-refractivity contribution >= 4 is 11.6 Å². The van der Waals surface area contributed by atoms with Gasteiger partial charge in [-0.25, -0.2) is 0 Å². The van der Waals surface area contributed by atoms with Gasteiger partial charge in [0.1, 0.15) is 5.75 Å². The smallest absolute Gasteiger partial charge is 0.230 e. The van der Waals surface area contributed by atoms with Gasteiger partial charge in [-0.3, -0.25) is 4.79 Å². The standard InChI is InChI=1S/C19H24N2O2/c1-15(14-19(22)21-17-6-4-3-5-7-17)20-13-12-16-8-10-18(23-2)11-9-16/h3-11,15,20H,12-14H2,1-2H3,(H,21,22)/p+1/t15-/m0/s1. The average molecular weight is 313 g/mol. The number of quaternary nitrogens is 1. The number of para-hydroxylation sites is 1. The van der Waals surface area contributed by atoms with Gasteiger partial charge in [0, 0.05) is 12.1 Å². The molecule has 0 aliphatic carbocycles. The number of hydrogen-bond acceptors (Lipinski definition) is 2. The molecule has 2 rings (SSSR count). The Labute approximate surface area is 137 Å². The Morgan fingerprint density at radius 2 is 1.83 bits per heavy atom. The first-order valence-corrected chi connectivity index (χ1v) is 7.98. The van der Waals surface area contributed by atoms with E-state index in [0.717, 1.165) is 24.4 Å². The molecule has 3 N–H and O–H groups in total. The van der Waals surface area contributed by atoms with E-state index in [1.54, 1.807) is 7.11 Å². The van der Waals surface area contributed by atoms with Gasteiger partial charge >= 0.3 is 0 Å². The van der Waals surface area contributed by atoms with Crippen molar-refractivity contribution in [3.8, 4) is 5.75 Å². The van der Waals surface area contributed by atoms with Gasteiger partial charge in [-0.15, -0.1) is 0 Å². The zero-order valence-corrected chi connectivity index (χ0v) is 13.8. The van der Waals surface area contributed by atoms with Crippen molar-refractivity contribution in [3.05, 3.63) is 60.2 Å². The number of carbonyl (C=O) groups is 1. The van der Waals surface area contributed by atoms with Crippen molar-refractivity contribution < 1.29 is 14.8 Å². The molecule has 23 heavy (non-hydrogen) atoms. The van der Waals surface area contributed by atoms with Crippen LogP contribution in [0.5, 0.6) is 5.75 Å². The van der Waals surface area contributed by atoms with Crippen LogP contribution in [-0.4, -0.2) is 25.6 Å². The molecule has 122 valence electrons. The Morgan fingerprint density at radius 1 is 1.13 bits per heavy atom. The van der Waals surface area contributed by atoms with E-state index in [1.807, 2.05) is 42.5 Å². The minimum Gasteiger partial charge on any atom is -0.497 e. The minimum atomic E-state index is 0.0596. The van der Waals surface area contributed by atoms with Gasteiger partial charge in [-0.05, 0) is 36.8 Å². The van der Waals surface area contributed by atoms with E-state index in [4.69, 9.17) is 4.74 Å². The van der Waals surface area contributed by atoms with E-state index in [0.29, 0.717) is 6.42 Å². The molecule has 0 saturated carbocycles. The van der Waals surface area contributed by atoms with Crippen LogP contribution in [0.2, 0.25) is 0 Å². The molecular weight excluding hydrogens is 288 g/mol. The van der Waals surface area contributed by atoms with Gasteiger partial charge in [0.15, 0.2) is 0 Å². The molecule has 2 aromatic rings. The molecule has 0 aliphatic rings. The molecule has 0 aromatic heterocycles. The van der Waals surface area contributed by atoms with E-state index >= 15 is 0 Å². The molecule has 4 heteroatoms.